The summed E-state index contributed by atoms with van der Waals surface area (Å²) in [4.78, 5) is 19.4. The van der Waals surface area contributed by atoms with Crippen molar-refractivity contribution in [3.05, 3.63) is 35.8 Å². The van der Waals surface area contributed by atoms with Gasteiger partial charge in [0.2, 0.25) is 5.88 Å². The number of nitrogens with zero attached hydrogens (tertiary/aromatic N) is 3. The Morgan fingerprint density at radius 3 is 2.66 bits per heavy atom. The van der Waals surface area contributed by atoms with Crippen LogP contribution in [0.3, 0.4) is 0 Å². The first-order chi connectivity index (χ1) is 15.2. The predicted octanol–water partition coefficient (Wildman–Crippen LogP) is 3.35. The Bertz CT molecular complexity index is 966. The zero-order valence-electron chi connectivity index (χ0n) is 18.3. The number of amides is 1. The van der Waals surface area contributed by atoms with Gasteiger partial charge in [0, 0.05) is 37.1 Å². The number of hydrogen-bond donors (Lipinski definition) is 4. The number of methoxy groups -OCH3 is 1. The molecular formula is C21H27FN6O4. The predicted molar refractivity (Wildman–Crippen MR) is 117 cm³/mol. The molecule has 10 nitrogen and oxygen atoms in total. The maximum atomic E-state index is 14.7. The second-order valence-electron chi connectivity index (χ2n) is 7.33. The number of ether oxygens (including phenoxy) is 2. The molecule has 172 valence electrons. The quantitative estimate of drug-likeness (QED) is 0.382. The van der Waals surface area contributed by atoms with E-state index in [4.69, 9.17) is 14.6 Å². The molecule has 4 N–H and O–H groups in total. The Morgan fingerprint density at radius 2 is 2.03 bits per heavy atom. The lowest BCUT2D eigenvalue weighted by molar-refractivity contribution is 0.144. The van der Waals surface area contributed by atoms with Gasteiger partial charge >= 0.3 is 6.09 Å². The van der Waals surface area contributed by atoms with Crippen LogP contribution in [0.4, 0.5) is 26.5 Å². The Morgan fingerprint density at radius 1 is 1.28 bits per heavy atom. The molecule has 0 aliphatic rings. The molecule has 0 saturated carbocycles. The van der Waals surface area contributed by atoms with E-state index in [1.165, 1.54) is 6.20 Å². The van der Waals surface area contributed by atoms with Crippen LogP contribution in [0, 0.1) is 23.1 Å². The van der Waals surface area contributed by atoms with Crippen LogP contribution >= 0.6 is 0 Å². The molecule has 0 unspecified atom stereocenters. The van der Waals surface area contributed by atoms with Crippen molar-refractivity contribution in [3.8, 4) is 11.9 Å². The van der Waals surface area contributed by atoms with Crippen molar-refractivity contribution >= 4 is 23.4 Å². The molecule has 2 atom stereocenters. The van der Waals surface area contributed by atoms with E-state index in [0.29, 0.717) is 24.8 Å². The Kier molecular flexibility index (Phi) is 8.97. The summed E-state index contributed by atoms with van der Waals surface area (Å²) in [5.74, 6) is -0.392. The zero-order chi connectivity index (χ0) is 23.7. The largest absolute Gasteiger partial charge is 0.475 e. The van der Waals surface area contributed by atoms with Crippen LogP contribution in [0.15, 0.2) is 24.4 Å². The smallest absolute Gasteiger partial charge is 0.404 e. The SMILES string of the molecule is COCCOc1cc(Nc2nc(N[C@@H](C(C)C)[C@H](C)NC(=O)O)c(F)cc2C#N)ccn1. The van der Waals surface area contributed by atoms with Crippen LogP contribution in [-0.4, -0.2) is 53.6 Å². The highest BCUT2D eigenvalue weighted by atomic mass is 19.1. The van der Waals surface area contributed by atoms with E-state index >= 15 is 0 Å². The molecule has 0 aliphatic carbocycles. The van der Waals surface area contributed by atoms with Crippen molar-refractivity contribution in [2.24, 2.45) is 5.92 Å². The summed E-state index contributed by atoms with van der Waals surface area (Å²) < 4.78 is 25.1. The summed E-state index contributed by atoms with van der Waals surface area (Å²) in [7, 11) is 1.56. The molecule has 0 spiro atoms. The van der Waals surface area contributed by atoms with Gasteiger partial charge in [-0.25, -0.2) is 19.2 Å². The van der Waals surface area contributed by atoms with Gasteiger partial charge in [0.25, 0.3) is 0 Å². The molecule has 0 aliphatic heterocycles. The summed E-state index contributed by atoms with van der Waals surface area (Å²) in [5.41, 5.74) is 0.541. The molecule has 32 heavy (non-hydrogen) atoms. The lowest BCUT2D eigenvalue weighted by Gasteiger charge is -2.29. The van der Waals surface area contributed by atoms with Crippen LogP contribution in [-0.2, 0) is 4.74 Å². The van der Waals surface area contributed by atoms with Gasteiger partial charge in [0.05, 0.1) is 12.2 Å². The number of carboxylic acid groups (broad SMARTS) is 1. The van der Waals surface area contributed by atoms with E-state index in [9.17, 15) is 14.4 Å². The molecule has 0 radical (unpaired) electrons. The lowest BCUT2D eigenvalue weighted by Crippen LogP contribution is -2.47. The second-order valence-corrected chi connectivity index (χ2v) is 7.33. The van der Waals surface area contributed by atoms with E-state index in [2.05, 4.69) is 25.9 Å². The average molecular weight is 446 g/mol. The van der Waals surface area contributed by atoms with Crippen LogP contribution in [0.2, 0.25) is 0 Å². The van der Waals surface area contributed by atoms with Gasteiger partial charge in [0.15, 0.2) is 17.5 Å². The molecule has 2 aromatic heterocycles. The Labute approximate surface area is 185 Å². The van der Waals surface area contributed by atoms with Gasteiger partial charge in [-0.1, -0.05) is 13.8 Å². The van der Waals surface area contributed by atoms with Crippen LogP contribution in [0.25, 0.3) is 0 Å². The van der Waals surface area contributed by atoms with Crippen LogP contribution in [0.5, 0.6) is 5.88 Å². The Balaban J connectivity index is 2.29. The minimum Gasteiger partial charge on any atom is -0.475 e. The number of hydrogen-bond acceptors (Lipinski definition) is 8. The van der Waals surface area contributed by atoms with E-state index in [0.717, 1.165) is 6.07 Å². The molecule has 2 aromatic rings. The maximum absolute atomic E-state index is 14.7. The fourth-order valence-corrected chi connectivity index (χ4v) is 3.01. The number of halogens is 1. The fraction of sp³-hybridized carbons (Fsp3) is 0.429. The van der Waals surface area contributed by atoms with Crippen molar-refractivity contribution in [3.63, 3.8) is 0 Å². The summed E-state index contributed by atoms with van der Waals surface area (Å²) in [6, 6.07) is 5.29. The highest BCUT2D eigenvalue weighted by molar-refractivity contribution is 5.66. The monoisotopic (exact) mass is 446 g/mol. The molecule has 1 amide bonds. The number of carbonyl (C=O) groups is 1. The third-order valence-corrected chi connectivity index (χ3v) is 4.54. The van der Waals surface area contributed by atoms with E-state index in [1.807, 2.05) is 19.9 Å². The minimum absolute atomic E-state index is 0.00419. The molecule has 2 rings (SSSR count). The van der Waals surface area contributed by atoms with Crippen molar-refractivity contribution < 1.29 is 23.8 Å². The lowest BCUT2D eigenvalue weighted by atomic mass is 9.97. The summed E-state index contributed by atoms with van der Waals surface area (Å²) in [5, 5.41) is 26.8. The summed E-state index contributed by atoms with van der Waals surface area (Å²) >= 11 is 0. The zero-order valence-corrected chi connectivity index (χ0v) is 18.3. The van der Waals surface area contributed by atoms with E-state index in [1.54, 1.807) is 26.2 Å². The normalized spacial score (nSPS) is 12.5. The van der Waals surface area contributed by atoms with Crippen molar-refractivity contribution in [1.82, 2.24) is 15.3 Å². The van der Waals surface area contributed by atoms with Gasteiger partial charge in [-0.05, 0) is 25.0 Å². The van der Waals surface area contributed by atoms with Crippen molar-refractivity contribution in [1.29, 1.82) is 5.26 Å². The number of aromatic nitrogens is 2. The highest BCUT2D eigenvalue weighted by Gasteiger charge is 2.24. The minimum atomic E-state index is -1.18. The Hall–Kier alpha value is -3.65. The molecule has 0 fully saturated rings. The standard InChI is InChI=1S/C21H27FN6O4/c1-12(2)18(13(3)25-21(29)30)27-20-16(22)9-14(11-23)19(28-20)26-15-5-6-24-17(10-15)32-8-7-31-4/h5-6,9-10,12-13,18,25H,7-8H2,1-4H3,(H,29,30)(H2,24,26,27,28)/t13-,18-/m0/s1. The number of nitrogens with one attached hydrogen (secondary N) is 3. The fourth-order valence-electron chi connectivity index (χ4n) is 3.01. The van der Waals surface area contributed by atoms with Gasteiger partial charge in [0.1, 0.15) is 12.7 Å². The van der Waals surface area contributed by atoms with Crippen LogP contribution < -0.4 is 20.7 Å². The summed E-state index contributed by atoms with van der Waals surface area (Å²) in [6.07, 6.45) is 0.342. The summed E-state index contributed by atoms with van der Waals surface area (Å²) in [6.45, 7) is 6.15. The average Bonchev–Trinajstić information content (AvgIpc) is 2.73. The van der Waals surface area contributed by atoms with E-state index in [-0.39, 0.29) is 23.1 Å². The van der Waals surface area contributed by atoms with Gasteiger partial charge in [-0.3, -0.25) is 0 Å². The first-order valence-electron chi connectivity index (χ1n) is 9.96. The van der Waals surface area contributed by atoms with Crippen LogP contribution in [0.1, 0.15) is 26.3 Å². The van der Waals surface area contributed by atoms with Crippen molar-refractivity contribution in [2.45, 2.75) is 32.9 Å². The molecule has 0 bridgehead atoms. The van der Waals surface area contributed by atoms with Crippen molar-refractivity contribution in [2.75, 3.05) is 31.0 Å². The number of anilines is 3. The molecule has 2 heterocycles. The third-order valence-electron chi connectivity index (χ3n) is 4.54. The topological polar surface area (TPSA) is 141 Å². The molecular weight excluding hydrogens is 419 g/mol. The van der Waals surface area contributed by atoms with Gasteiger partial charge in [-0.15, -0.1) is 0 Å². The molecule has 0 saturated heterocycles. The first-order valence-corrected chi connectivity index (χ1v) is 9.96. The number of nitriles is 1. The van der Waals surface area contributed by atoms with Gasteiger partial charge in [-0.2, -0.15) is 5.26 Å². The first kappa shape index (κ1) is 24.6. The van der Waals surface area contributed by atoms with E-state index < -0.39 is 24.0 Å². The highest BCUT2D eigenvalue weighted by Crippen LogP contribution is 2.26. The second kappa shape index (κ2) is 11.7. The third kappa shape index (κ3) is 6.95. The molecule has 0 aromatic carbocycles. The number of pyridine rings is 2. The number of rotatable bonds is 11. The molecule has 11 heteroatoms. The maximum Gasteiger partial charge on any atom is 0.404 e. The van der Waals surface area contributed by atoms with Gasteiger partial charge < -0.3 is 30.5 Å².